The van der Waals surface area contributed by atoms with Crippen LogP contribution in [0.5, 0.6) is 0 Å². The van der Waals surface area contributed by atoms with Gasteiger partial charge in [0.15, 0.2) is 17.0 Å². The number of aromatic nitrogens is 5. The molecule has 9 heteroatoms. The van der Waals surface area contributed by atoms with Gasteiger partial charge < -0.3 is 14.9 Å². The molecule has 0 spiro atoms. The molecule has 0 saturated carbocycles. The lowest BCUT2D eigenvalue weighted by molar-refractivity contribution is 0.584. The van der Waals surface area contributed by atoms with Crippen molar-refractivity contribution in [3.8, 4) is 0 Å². The topological polar surface area (TPSA) is 99.6 Å². The van der Waals surface area contributed by atoms with Crippen molar-refractivity contribution in [1.29, 1.82) is 0 Å². The molecule has 0 aliphatic carbocycles. The molecule has 3 heterocycles. The standard InChI is InChI=1S/C14H16ClN6OP/c1-3-23(2,22)14-19-12(16)11-13(20-14)21(8-18-11)7-9-4-5-10(15)17-6-9/h4-6,8H,3,7H2,1-2H3,(H2,16,19,20). The van der Waals surface area contributed by atoms with Crippen molar-refractivity contribution in [1.82, 2.24) is 24.5 Å². The highest BCUT2D eigenvalue weighted by Crippen LogP contribution is 2.38. The molecule has 0 amide bonds. The van der Waals surface area contributed by atoms with Gasteiger partial charge in [0.25, 0.3) is 0 Å². The van der Waals surface area contributed by atoms with Gasteiger partial charge in [-0.15, -0.1) is 0 Å². The summed E-state index contributed by atoms with van der Waals surface area (Å²) in [6.45, 7) is 4.02. The zero-order chi connectivity index (χ0) is 16.6. The van der Waals surface area contributed by atoms with Gasteiger partial charge in [0, 0.05) is 12.4 Å². The molecule has 2 N–H and O–H groups in total. The Morgan fingerprint density at radius 3 is 2.74 bits per heavy atom. The molecule has 3 rings (SSSR count). The second-order valence-electron chi connectivity index (χ2n) is 5.36. The van der Waals surface area contributed by atoms with Crippen LogP contribution in [0.15, 0.2) is 24.7 Å². The van der Waals surface area contributed by atoms with E-state index in [9.17, 15) is 4.57 Å². The van der Waals surface area contributed by atoms with Crippen LogP contribution < -0.4 is 11.3 Å². The molecule has 23 heavy (non-hydrogen) atoms. The molecule has 0 saturated heterocycles. The predicted octanol–water partition coefficient (Wildman–Crippen LogP) is 2.14. The normalized spacial score (nSPS) is 14.0. The van der Waals surface area contributed by atoms with Crippen molar-refractivity contribution < 1.29 is 4.57 Å². The van der Waals surface area contributed by atoms with E-state index in [1.165, 1.54) is 0 Å². The zero-order valence-corrected chi connectivity index (χ0v) is 14.4. The molecule has 0 aliphatic heterocycles. The van der Waals surface area contributed by atoms with E-state index in [1.54, 1.807) is 25.3 Å². The third-order valence-electron chi connectivity index (χ3n) is 3.65. The number of fused-ring (bicyclic) bond motifs is 1. The molecule has 120 valence electrons. The summed E-state index contributed by atoms with van der Waals surface area (Å²) in [4.78, 5) is 16.9. The molecule has 0 aliphatic rings. The van der Waals surface area contributed by atoms with Crippen LogP contribution in [0.25, 0.3) is 11.2 Å². The van der Waals surface area contributed by atoms with Gasteiger partial charge >= 0.3 is 0 Å². The largest absolute Gasteiger partial charge is 0.382 e. The minimum Gasteiger partial charge on any atom is -0.382 e. The number of hydrogen-bond acceptors (Lipinski definition) is 6. The monoisotopic (exact) mass is 350 g/mol. The Bertz CT molecular complexity index is 908. The van der Waals surface area contributed by atoms with Crippen LogP contribution in [0.4, 0.5) is 5.82 Å². The lowest BCUT2D eigenvalue weighted by atomic mass is 10.3. The molecule has 0 aromatic carbocycles. The van der Waals surface area contributed by atoms with E-state index in [2.05, 4.69) is 19.9 Å². The minimum absolute atomic E-state index is 0.244. The summed E-state index contributed by atoms with van der Waals surface area (Å²) in [7, 11) is -2.61. The molecular formula is C14H16ClN6OP. The summed E-state index contributed by atoms with van der Waals surface area (Å²) in [6, 6.07) is 3.60. The van der Waals surface area contributed by atoms with Gasteiger partial charge in [-0.1, -0.05) is 24.6 Å². The predicted molar refractivity (Wildman–Crippen MR) is 91.8 cm³/mol. The highest BCUT2D eigenvalue weighted by atomic mass is 35.5. The molecule has 0 radical (unpaired) electrons. The van der Waals surface area contributed by atoms with E-state index in [4.69, 9.17) is 17.3 Å². The highest BCUT2D eigenvalue weighted by Gasteiger charge is 2.22. The number of hydrogen-bond donors (Lipinski definition) is 1. The summed E-state index contributed by atoms with van der Waals surface area (Å²) in [5, 5.41) is 0.438. The lowest BCUT2D eigenvalue weighted by Gasteiger charge is -2.10. The Labute approximate surface area is 138 Å². The van der Waals surface area contributed by atoms with Crippen molar-refractivity contribution in [2.45, 2.75) is 13.5 Å². The maximum atomic E-state index is 12.6. The fraction of sp³-hybridized carbons (Fsp3) is 0.286. The quantitative estimate of drug-likeness (QED) is 0.571. The third-order valence-corrected chi connectivity index (χ3v) is 6.12. The minimum atomic E-state index is -2.61. The molecule has 1 unspecified atom stereocenters. The van der Waals surface area contributed by atoms with Crippen molar-refractivity contribution in [3.63, 3.8) is 0 Å². The van der Waals surface area contributed by atoms with Crippen LogP contribution in [-0.4, -0.2) is 37.3 Å². The van der Waals surface area contributed by atoms with E-state index in [1.807, 2.05) is 17.6 Å². The fourth-order valence-electron chi connectivity index (χ4n) is 2.12. The van der Waals surface area contributed by atoms with Crippen LogP contribution in [0.3, 0.4) is 0 Å². The van der Waals surface area contributed by atoms with E-state index < -0.39 is 7.14 Å². The molecule has 3 aromatic heterocycles. The number of halogens is 1. The molecular weight excluding hydrogens is 335 g/mol. The van der Waals surface area contributed by atoms with Gasteiger partial charge in [0.05, 0.1) is 12.9 Å². The van der Waals surface area contributed by atoms with Crippen molar-refractivity contribution in [3.05, 3.63) is 35.4 Å². The number of nitrogens with zero attached hydrogens (tertiary/aromatic N) is 5. The SMILES string of the molecule is CCP(C)(=O)c1nc(N)c2ncn(Cc3ccc(Cl)nc3)c2n1. The maximum Gasteiger partial charge on any atom is 0.192 e. The van der Waals surface area contributed by atoms with Crippen LogP contribution in [0.2, 0.25) is 5.15 Å². The van der Waals surface area contributed by atoms with Crippen molar-refractivity contribution in [2.75, 3.05) is 18.6 Å². The Morgan fingerprint density at radius 1 is 1.30 bits per heavy atom. The Hall–Kier alpha value is -1.98. The van der Waals surface area contributed by atoms with Gasteiger partial charge in [-0.2, -0.15) is 0 Å². The van der Waals surface area contributed by atoms with Gasteiger partial charge in [0.1, 0.15) is 17.8 Å². The van der Waals surface area contributed by atoms with Crippen LogP contribution in [0.1, 0.15) is 12.5 Å². The fourth-order valence-corrected chi connectivity index (χ4v) is 3.14. The summed E-state index contributed by atoms with van der Waals surface area (Å²) >= 11 is 5.80. The van der Waals surface area contributed by atoms with E-state index in [0.717, 1.165) is 5.56 Å². The van der Waals surface area contributed by atoms with Crippen LogP contribution in [0, 0.1) is 0 Å². The highest BCUT2D eigenvalue weighted by molar-refractivity contribution is 7.70. The number of nitrogen functional groups attached to an aromatic ring is 1. The Morgan fingerprint density at radius 2 is 2.09 bits per heavy atom. The number of anilines is 1. The first kappa shape index (κ1) is 15.9. The first-order valence-electron chi connectivity index (χ1n) is 7.06. The van der Waals surface area contributed by atoms with Gasteiger partial charge in [-0.05, 0) is 18.3 Å². The van der Waals surface area contributed by atoms with E-state index in [-0.39, 0.29) is 5.82 Å². The molecule has 0 fully saturated rings. The Balaban J connectivity index is 2.08. The third kappa shape index (κ3) is 3.07. The number of pyridine rings is 1. The molecule has 1 atom stereocenters. The second-order valence-corrected chi connectivity index (χ2v) is 8.98. The van der Waals surface area contributed by atoms with Crippen LogP contribution in [-0.2, 0) is 11.1 Å². The summed E-state index contributed by atoms with van der Waals surface area (Å²) in [5.74, 6) is 0.244. The molecule has 0 bridgehead atoms. The van der Waals surface area contributed by atoms with E-state index >= 15 is 0 Å². The summed E-state index contributed by atoms with van der Waals surface area (Å²) < 4.78 is 14.4. The summed E-state index contributed by atoms with van der Waals surface area (Å²) in [5.41, 5.74) is 8.27. The first-order valence-corrected chi connectivity index (χ1v) is 9.78. The van der Waals surface area contributed by atoms with Crippen LogP contribution >= 0.6 is 18.7 Å². The second kappa shape index (κ2) is 5.91. The first-order chi connectivity index (χ1) is 10.9. The number of rotatable bonds is 4. The average Bonchev–Trinajstić information content (AvgIpc) is 2.93. The average molecular weight is 351 g/mol. The molecule has 7 nitrogen and oxygen atoms in total. The number of imidazole rings is 1. The smallest absolute Gasteiger partial charge is 0.192 e. The zero-order valence-electron chi connectivity index (χ0n) is 12.8. The summed E-state index contributed by atoms with van der Waals surface area (Å²) in [6.07, 6.45) is 3.81. The van der Waals surface area contributed by atoms with E-state index in [0.29, 0.717) is 34.6 Å². The molecule has 3 aromatic rings. The van der Waals surface area contributed by atoms with Crippen molar-refractivity contribution >= 4 is 41.3 Å². The van der Waals surface area contributed by atoms with Gasteiger partial charge in [-0.25, -0.2) is 19.9 Å². The maximum absolute atomic E-state index is 12.6. The van der Waals surface area contributed by atoms with Gasteiger partial charge in [0.2, 0.25) is 0 Å². The number of nitrogens with two attached hydrogens (primary N) is 1. The lowest BCUT2D eigenvalue weighted by Crippen LogP contribution is -2.18. The Kier molecular flexibility index (Phi) is 4.08. The van der Waals surface area contributed by atoms with Gasteiger partial charge in [-0.3, -0.25) is 0 Å². The van der Waals surface area contributed by atoms with Crippen molar-refractivity contribution in [2.24, 2.45) is 0 Å².